The fraction of sp³-hybridized carbons (Fsp3) is 0.562. The molecule has 1 saturated carbocycles. The van der Waals surface area contributed by atoms with Crippen LogP contribution in [0.15, 0.2) is 35.2 Å². The van der Waals surface area contributed by atoms with E-state index in [1.165, 1.54) is 25.7 Å². The van der Waals surface area contributed by atoms with E-state index in [2.05, 4.69) is 5.32 Å². The first-order chi connectivity index (χ1) is 9.75. The molecule has 1 N–H and O–H groups in total. The first-order valence-corrected chi connectivity index (χ1v) is 9.29. The van der Waals surface area contributed by atoms with E-state index in [9.17, 15) is 4.79 Å². The number of amides is 1. The van der Waals surface area contributed by atoms with E-state index in [0.29, 0.717) is 0 Å². The Kier molecular flexibility index (Phi) is 6.80. The summed E-state index contributed by atoms with van der Waals surface area (Å²) in [6.07, 6.45) is 5.49. The summed E-state index contributed by atoms with van der Waals surface area (Å²) in [5.41, 5.74) is 0. The van der Waals surface area contributed by atoms with Crippen molar-refractivity contribution in [3.63, 3.8) is 0 Å². The highest BCUT2D eigenvalue weighted by Crippen LogP contribution is 2.29. The molecular weight excluding hydrogens is 286 g/mol. The number of carbonyl (C=O) groups is 1. The maximum Gasteiger partial charge on any atom is 0.233 e. The molecule has 2 rings (SSSR count). The van der Waals surface area contributed by atoms with E-state index in [4.69, 9.17) is 0 Å². The maximum absolute atomic E-state index is 12.0. The van der Waals surface area contributed by atoms with Gasteiger partial charge in [0.15, 0.2) is 0 Å². The molecule has 1 aliphatic rings. The van der Waals surface area contributed by atoms with Gasteiger partial charge >= 0.3 is 0 Å². The van der Waals surface area contributed by atoms with Gasteiger partial charge in [-0.2, -0.15) is 11.8 Å². The van der Waals surface area contributed by atoms with Gasteiger partial charge in [0.2, 0.25) is 5.91 Å². The highest BCUT2D eigenvalue weighted by molar-refractivity contribution is 8.00. The monoisotopic (exact) mass is 309 g/mol. The van der Waals surface area contributed by atoms with Crippen molar-refractivity contribution in [3.8, 4) is 0 Å². The van der Waals surface area contributed by atoms with Gasteiger partial charge in [-0.05, 0) is 31.9 Å². The van der Waals surface area contributed by atoms with Crippen molar-refractivity contribution in [1.82, 2.24) is 5.32 Å². The molecule has 1 atom stereocenters. The minimum Gasteiger partial charge on any atom is -0.354 e. The third-order valence-electron chi connectivity index (χ3n) is 3.48. The lowest BCUT2D eigenvalue weighted by molar-refractivity contribution is -0.120. The topological polar surface area (TPSA) is 29.1 Å². The molecule has 20 heavy (non-hydrogen) atoms. The molecule has 1 amide bonds. The fourth-order valence-corrected chi connectivity index (χ4v) is 4.49. The Bertz CT molecular complexity index is 404. The number of hydrogen-bond acceptors (Lipinski definition) is 3. The normalized spacial score (nSPS) is 17.1. The second-order valence-corrected chi connectivity index (χ2v) is 7.96. The number of rotatable bonds is 7. The van der Waals surface area contributed by atoms with E-state index in [-0.39, 0.29) is 11.2 Å². The first-order valence-electron chi connectivity index (χ1n) is 7.37. The van der Waals surface area contributed by atoms with Gasteiger partial charge in [-0.1, -0.05) is 31.0 Å². The minimum absolute atomic E-state index is 0.0334. The lowest BCUT2D eigenvalue weighted by Crippen LogP contribution is -2.32. The molecule has 4 heteroatoms. The van der Waals surface area contributed by atoms with Gasteiger partial charge in [0.05, 0.1) is 5.25 Å². The summed E-state index contributed by atoms with van der Waals surface area (Å²) in [7, 11) is 0. The summed E-state index contributed by atoms with van der Waals surface area (Å²) in [6, 6.07) is 10.1. The maximum atomic E-state index is 12.0. The van der Waals surface area contributed by atoms with Crippen LogP contribution in [0.4, 0.5) is 0 Å². The van der Waals surface area contributed by atoms with Crippen LogP contribution in [0.5, 0.6) is 0 Å². The van der Waals surface area contributed by atoms with Crippen molar-refractivity contribution in [2.75, 3.05) is 12.3 Å². The van der Waals surface area contributed by atoms with Crippen LogP contribution in [0.1, 0.15) is 32.6 Å². The quantitative estimate of drug-likeness (QED) is 0.610. The fourth-order valence-electron chi connectivity index (χ4n) is 2.36. The molecule has 1 fully saturated rings. The van der Waals surface area contributed by atoms with Crippen molar-refractivity contribution < 1.29 is 4.79 Å². The first kappa shape index (κ1) is 15.8. The van der Waals surface area contributed by atoms with Gasteiger partial charge < -0.3 is 5.32 Å². The predicted molar refractivity (Wildman–Crippen MR) is 89.5 cm³/mol. The molecule has 1 aromatic rings. The third-order valence-corrected chi connectivity index (χ3v) is 5.98. The summed E-state index contributed by atoms with van der Waals surface area (Å²) in [5.74, 6) is 1.19. The van der Waals surface area contributed by atoms with E-state index in [0.717, 1.165) is 22.4 Å². The zero-order valence-electron chi connectivity index (χ0n) is 12.0. The third kappa shape index (κ3) is 5.41. The molecule has 110 valence electrons. The Morgan fingerprint density at radius 1 is 1.30 bits per heavy atom. The van der Waals surface area contributed by atoms with Gasteiger partial charge in [-0.25, -0.2) is 0 Å². The highest BCUT2D eigenvalue weighted by Gasteiger charge is 2.16. The molecular formula is C16H23NOS2. The molecule has 1 aromatic carbocycles. The second-order valence-electron chi connectivity index (χ2n) is 5.14. The Morgan fingerprint density at radius 2 is 2.00 bits per heavy atom. The van der Waals surface area contributed by atoms with Gasteiger partial charge in [0.1, 0.15) is 0 Å². The molecule has 0 aromatic heterocycles. The number of carbonyl (C=O) groups excluding carboxylic acids is 1. The van der Waals surface area contributed by atoms with Crippen LogP contribution in [0, 0.1) is 0 Å². The van der Waals surface area contributed by atoms with Gasteiger partial charge in [-0.15, -0.1) is 11.8 Å². The van der Waals surface area contributed by atoms with E-state index in [1.807, 2.05) is 49.0 Å². The van der Waals surface area contributed by atoms with E-state index in [1.54, 1.807) is 11.8 Å². The van der Waals surface area contributed by atoms with Crippen LogP contribution in [0.3, 0.4) is 0 Å². The van der Waals surface area contributed by atoms with Crippen LogP contribution in [-0.4, -0.2) is 28.7 Å². The van der Waals surface area contributed by atoms with Crippen molar-refractivity contribution in [3.05, 3.63) is 30.3 Å². The van der Waals surface area contributed by atoms with E-state index < -0.39 is 0 Å². The number of nitrogens with one attached hydrogen (secondary N) is 1. The Labute approximate surface area is 130 Å². The highest BCUT2D eigenvalue weighted by atomic mass is 32.2. The largest absolute Gasteiger partial charge is 0.354 e. The summed E-state index contributed by atoms with van der Waals surface area (Å²) in [5, 5.41) is 3.85. The zero-order chi connectivity index (χ0) is 14.2. The Morgan fingerprint density at radius 3 is 2.70 bits per heavy atom. The molecule has 0 aliphatic heterocycles. The molecule has 0 radical (unpaired) electrons. The molecule has 0 bridgehead atoms. The standard InChI is InChI=1S/C16H23NOS2/c1-13(20-15-9-3-2-4-10-15)16(18)17-11-12-19-14-7-5-6-8-14/h2-4,9-10,13-14H,5-8,11-12H2,1H3,(H,17,18)/t13-/m0/s1. The number of benzene rings is 1. The molecule has 1 aliphatic carbocycles. The van der Waals surface area contributed by atoms with Gasteiger partial charge in [0.25, 0.3) is 0 Å². The molecule has 0 heterocycles. The molecule has 0 spiro atoms. The van der Waals surface area contributed by atoms with Crippen molar-refractivity contribution in [2.24, 2.45) is 0 Å². The second kappa shape index (κ2) is 8.63. The van der Waals surface area contributed by atoms with Crippen LogP contribution in [-0.2, 0) is 4.79 Å². The molecule has 0 unspecified atom stereocenters. The van der Waals surface area contributed by atoms with Gasteiger partial charge in [0, 0.05) is 22.4 Å². The zero-order valence-corrected chi connectivity index (χ0v) is 13.6. The lowest BCUT2D eigenvalue weighted by atomic mass is 10.4. The average Bonchev–Trinajstić information content (AvgIpc) is 2.97. The Balaban J connectivity index is 1.61. The summed E-state index contributed by atoms with van der Waals surface area (Å²) in [4.78, 5) is 13.2. The van der Waals surface area contributed by atoms with E-state index >= 15 is 0 Å². The SMILES string of the molecule is C[C@H](Sc1ccccc1)C(=O)NCCSC1CCCC1. The summed E-state index contributed by atoms with van der Waals surface area (Å²) in [6.45, 7) is 2.76. The smallest absolute Gasteiger partial charge is 0.233 e. The van der Waals surface area contributed by atoms with Crippen molar-refractivity contribution in [2.45, 2.75) is 48.0 Å². The van der Waals surface area contributed by atoms with Crippen molar-refractivity contribution in [1.29, 1.82) is 0 Å². The van der Waals surface area contributed by atoms with Crippen LogP contribution in [0.25, 0.3) is 0 Å². The molecule has 0 saturated heterocycles. The lowest BCUT2D eigenvalue weighted by Gasteiger charge is -2.13. The molecule has 2 nitrogen and oxygen atoms in total. The van der Waals surface area contributed by atoms with Crippen LogP contribution >= 0.6 is 23.5 Å². The minimum atomic E-state index is -0.0334. The summed E-state index contributed by atoms with van der Waals surface area (Å²) < 4.78 is 0. The summed E-state index contributed by atoms with van der Waals surface area (Å²) >= 11 is 3.64. The number of hydrogen-bond donors (Lipinski definition) is 1. The van der Waals surface area contributed by atoms with Crippen molar-refractivity contribution >= 4 is 29.4 Å². The average molecular weight is 310 g/mol. The van der Waals surface area contributed by atoms with Crippen LogP contribution in [0.2, 0.25) is 0 Å². The Hall–Kier alpha value is -0.610. The predicted octanol–water partition coefficient (Wildman–Crippen LogP) is 3.96. The van der Waals surface area contributed by atoms with Crippen LogP contribution < -0.4 is 5.32 Å². The number of thioether (sulfide) groups is 2. The van der Waals surface area contributed by atoms with Gasteiger partial charge in [-0.3, -0.25) is 4.79 Å².